The first-order valence-electron chi connectivity index (χ1n) is 6.46. The molecule has 0 amide bonds. The second kappa shape index (κ2) is 11.6. The van der Waals surface area contributed by atoms with Crippen molar-refractivity contribution in [3.05, 3.63) is 67.6 Å². The molecule has 0 atom stereocenters. The van der Waals surface area contributed by atoms with Gasteiger partial charge in [0.05, 0.1) is 24.7 Å². The number of hydrogen-bond donors (Lipinski definition) is 0. The molecule has 0 saturated heterocycles. The molecule has 0 aromatic heterocycles. The Morgan fingerprint density at radius 3 is 1.60 bits per heavy atom. The van der Waals surface area contributed by atoms with E-state index in [-0.39, 0.29) is 13.1 Å². The number of rotatable bonds is 5. The molecule has 0 aliphatic heterocycles. The molecule has 0 nitrogen and oxygen atoms in total. The summed E-state index contributed by atoms with van der Waals surface area (Å²) in [6.45, 7) is 3.96. The van der Waals surface area contributed by atoms with Crippen LogP contribution in [0.5, 0.6) is 0 Å². The van der Waals surface area contributed by atoms with Crippen LogP contribution in [0.25, 0.3) is 0 Å². The molecular formula is C16H19Cl2MnP. The van der Waals surface area contributed by atoms with Crippen LogP contribution in [0.2, 0.25) is 0 Å². The van der Waals surface area contributed by atoms with Crippen molar-refractivity contribution in [2.45, 2.75) is 12.8 Å². The minimum absolute atomic E-state index is 0.00694. The van der Waals surface area contributed by atoms with Crippen molar-refractivity contribution in [3.8, 4) is 0 Å². The average molecular weight is 368 g/mol. The van der Waals surface area contributed by atoms with Crippen LogP contribution in [0, 0.1) is 6.92 Å². The first-order valence-corrected chi connectivity index (χ1v) is 11.4. The van der Waals surface area contributed by atoms with E-state index in [9.17, 15) is 0 Å². The molecular weight excluding hydrogens is 349 g/mol. The molecule has 2 aromatic carbocycles. The van der Waals surface area contributed by atoms with Gasteiger partial charge in [-0.15, -0.1) is 0 Å². The van der Waals surface area contributed by atoms with Gasteiger partial charge in [0.15, 0.2) is 0 Å². The van der Waals surface area contributed by atoms with Crippen LogP contribution < -0.4 is 10.6 Å². The fourth-order valence-electron chi connectivity index (χ4n) is 2.04. The number of hydrogen-bond acceptors (Lipinski definition) is 0. The van der Waals surface area contributed by atoms with Gasteiger partial charge in [0.25, 0.3) is 0 Å². The minimum atomic E-state index is -0.602. The molecule has 0 aliphatic carbocycles. The van der Waals surface area contributed by atoms with Gasteiger partial charge in [0.2, 0.25) is 0 Å². The molecule has 4 heteroatoms. The van der Waals surface area contributed by atoms with Gasteiger partial charge >= 0.3 is 33.3 Å². The average Bonchev–Trinajstić information content (AvgIpc) is 2.51. The van der Waals surface area contributed by atoms with Crippen molar-refractivity contribution >= 4 is 38.7 Å². The molecule has 0 aliphatic rings. The summed E-state index contributed by atoms with van der Waals surface area (Å²) in [5.74, 6) is 0. The summed E-state index contributed by atoms with van der Waals surface area (Å²) in [5, 5.41) is 3.02. The van der Waals surface area contributed by atoms with Gasteiger partial charge in [-0.05, 0) is 30.7 Å². The number of benzene rings is 2. The molecule has 0 N–H and O–H groups in total. The normalized spacial score (nSPS) is 10.0. The first-order chi connectivity index (χ1) is 9.83. The number of halogens is 2. The van der Waals surface area contributed by atoms with Crippen molar-refractivity contribution in [1.29, 1.82) is 0 Å². The van der Waals surface area contributed by atoms with E-state index in [1.54, 1.807) is 0 Å². The first kappa shape index (κ1) is 18.0. The van der Waals surface area contributed by atoms with Crippen molar-refractivity contribution in [3.63, 3.8) is 0 Å². The second-order valence-electron chi connectivity index (χ2n) is 4.22. The Bertz CT molecular complexity index is 411. The topological polar surface area (TPSA) is 0 Å². The molecule has 0 fully saturated rings. The van der Waals surface area contributed by atoms with Crippen molar-refractivity contribution in [2.24, 2.45) is 0 Å². The molecule has 2 rings (SSSR count). The fourth-order valence-corrected chi connectivity index (χ4v) is 4.74. The molecule has 0 unspecified atom stereocenters. The van der Waals surface area contributed by atoms with Gasteiger partial charge in [-0.25, -0.2) is 0 Å². The van der Waals surface area contributed by atoms with Crippen LogP contribution in [0.15, 0.2) is 60.7 Å². The second-order valence-corrected chi connectivity index (χ2v) is 8.78. The van der Waals surface area contributed by atoms with Gasteiger partial charge in [0.1, 0.15) is 0 Å². The Balaban J connectivity index is 0.000000612. The molecule has 109 valence electrons. The predicted molar refractivity (Wildman–Crippen MR) is 91.6 cm³/mol. The van der Waals surface area contributed by atoms with Crippen LogP contribution in [-0.2, 0) is 13.1 Å². The third-order valence-electron chi connectivity index (χ3n) is 2.92. The van der Waals surface area contributed by atoms with E-state index >= 15 is 0 Å². The van der Waals surface area contributed by atoms with Gasteiger partial charge in [-0.3, -0.25) is 0 Å². The quantitative estimate of drug-likeness (QED) is 0.403. The summed E-state index contributed by atoms with van der Waals surface area (Å²) in [6, 6.07) is 21.8. The Morgan fingerprint density at radius 1 is 0.850 bits per heavy atom. The van der Waals surface area contributed by atoms with Gasteiger partial charge in [0, 0.05) is 0 Å². The van der Waals surface area contributed by atoms with E-state index in [4.69, 9.17) is 20.2 Å². The van der Waals surface area contributed by atoms with Crippen LogP contribution in [0.1, 0.15) is 12.8 Å². The Morgan fingerprint density at radius 2 is 1.25 bits per heavy atom. The van der Waals surface area contributed by atoms with Crippen LogP contribution in [-0.4, -0.2) is 6.16 Å². The summed E-state index contributed by atoms with van der Waals surface area (Å²) >= 11 is 0.00694. The zero-order valence-electron chi connectivity index (χ0n) is 11.2. The summed E-state index contributed by atoms with van der Waals surface area (Å²) in [4.78, 5) is 0. The fraction of sp³-hybridized carbons (Fsp3) is 0.188. The van der Waals surface area contributed by atoms with Crippen LogP contribution >= 0.6 is 28.1 Å². The Labute approximate surface area is 138 Å². The zero-order chi connectivity index (χ0) is 14.6. The van der Waals surface area contributed by atoms with Gasteiger partial charge in [-0.1, -0.05) is 36.4 Å². The van der Waals surface area contributed by atoms with Crippen molar-refractivity contribution < 1.29 is 13.1 Å². The molecule has 2 aromatic rings. The summed E-state index contributed by atoms with van der Waals surface area (Å²) < 4.78 is 0. The Kier molecular flexibility index (Phi) is 10.5. The van der Waals surface area contributed by atoms with Crippen molar-refractivity contribution in [1.82, 2.24) is 0 Å². The van der Waals surface area contributed by atoms with Crippen LogP contribution in [0.3, 0.4) is 0 Å². The molecule has 0 spiro atoms. The third-order valence-corrected chi connectivity index (χ3v) is 5.84. The maximum absolute atomic E-state index is 4.80. The molecule has 0 saturated carbocycles. The monoisotopic (exact) mass is 367 g/mol. The van der Waals surface area contributed by atoms with Gasteiger partial charge < -0.3 is 6.92 Å². The van der Waals surface area contributed by atoms with E-state index in [0.717, 1.165) is 6.42 Å². The molecule has 0 heterocycles. The SMILES string of the molecule is [CH2-]CCC[PH+](c1ccccc1)c1ccccc1.[Cl][Mn][Cl]. The standard InChI is InChI=1S/C16H18P.2ClH.Mn/c1-2-3-14-17(15-10-6-4-7-11-15)16-12-8-5-9-13-16;;;/h4-13H,1-3,14H2;2*1H;/q-1;;;+2/p-1. The van der Waals surface area contributed by atoms with E-state index < -0.39 is 7.92 Å². The predicted octanol–water partition coefficient (Wildman–Crippen LogP) is 4.84. The molecule has 20 heavy (non-hydrogen) atoms. The zero-order valence-corrected chi connectivity index (χ0v) is 14.9. The third kappa shape index (κ3) is 6.61. The van der Waals surface area contributed by atoms with E-state index in [1.807, 2.05) is 0 Å². The summed E-state index contributed by atoms with van der Waals surface area (Å²) in [5.41, 5.74) is 0. The molecule has 0 bridgehead atoms. The number of unbranched alkanes of at least 4 members (excludes halogenated alkanes) is 1. The van der Waals surface area contributed by atoms with Crippen molar-refractivity contribution in [2.75, 3.05) is 6.16 Å². The van der Waals surface area contributed by atoms with E-state index in [0.29, 0.717) is 0 Å². The van der Waals surface area contributed by atoms with E-state index in [2.05, 4.69) is 67.6 Å². The summed E-state index contributed by atoms with van der Waals surface area (Å²) in [7, 11) is 8.99. The molecule has 0 radical (unpaired) electrons. The maximum atomic E-state index is 4.80. The Hall–Kier alpha value is -0.0305. The summed E-state index contributed by atoms with van der Waals surface area (Å²) in [6.07, 6.45) is 3.54. The van der Waals surface area contributed by atoms with Gasteiger partial charge in [-0.2, -0.15) is 6.42 Å². The van der Waals surface area contributed by atoms with E-state index in [1.165, 1.54) is 23.2 Å². The van der Waals surface area contributed by atoms with Crippen LogP contribution in [0.4, 0.5) is 0 Å².